The van der Waals surface area contributed by atoms with E-state index in [-0.39, 0.29) is 0 Å². The van der Waals surface area contributed by atoms with E-state index in [0.717, 1.165) is 36.6 Å². The third-order valence-electron chi connectivity index (χ3n) is 3.56. The van der Waals surface area contributed by atoms with Crippen LogP contribution in [0.3, 0.4) is 0 Å². The van der Waals surface area contributed by atoms with Gasteiger partial charge in [-0.25, -0.2) is 9.36 Å². The van der Waals surface area contributed by atoms with Crippen LogP contribution in [0, 0.1) is 0 Å². The minimum absolute atomic E-state index is 0.712. The molecule has 3 rings (SSSR count). The third-order valence-corrected chi connectivity index (χ3v) is 3.56. The summed E-state index contributed by atoms with van der Waals surface area (Å²) in [5, 5.41) is 16.3. The number of para-hydroxylation sites is 1. The van der Waals surface area contributed by atoms with Crippen LogP contribution in [0.2, 0.25) is 0 Å². The molecule has 0 fully saturated rings. The summed E-state index contributed by atoms with van der Waals surface area (Å²) >= 11 is 0. The molecular weight excluding hydrogens is 290 g/mol. The molecule has 0 atom stereocenters. The van der Waals surface area contributed by atoms with Crippen molar-refractivity contribution in [2.45, 2.75) is 33.0 Å². The number of hydrogen-bond acceptors (Lipinski definition) is 5. The fraction of sp³-hybridized carbons (Fsp3) is 0.375. The zero-order chi connectivity index (χ0) is 16.1. The number of hydrogen-bond donors (Lipinski definition) is 0. The van der Waals surface area contributed by atoms with Gasteiger partial charge in [-0.05, 0) is 36.0 Å². The average molecular weight is 311 g/mol. The van der Waals surface area contributed by atoms with Gasteiger partial charge in [-0.3, -0.25) is 4.90 Å². The Labute approximate surface area is 135 Å². The minimum Gasteiger partial charge on any atom is -0.295 e. The molecule has 0 aliphatic heterocycles. The molecule has 0 aliphatic rings. The molecule has 1 aromatic carbocycles. The second-order valence-corrected chi connectivity index (χ2v) is 5.62. The van der Waals surface area contributed by atoms with Crippen molar-refractivity contribution in [3.63, 3.8) is 0 Å². The summed E-state index contributed by atoms with van der Waals surface area (Å²) in [6.07, 6.45) is 4.98. The molecule has 7 heteroatoms. The van der Waals surface area contributed by atoms with Gasteiger partial charge >= 0.3 is 0 Å². The highest BCUT2D eigenvalue weighted by Crippen LogP contribution is 2.10. The van der Waals surface area contributed by atoms with Crippen LogP contribution in [0.4, 0.5) is 0 Å². The number of rotatable bonds is 7. The highest BCUT2D eigenvalue weighted by Gasteiger charge is 2.10. The van der Waals surface area contributed by atoms with Crippen molar-refractivity contribution in [3.05, 3.63) is 54.1 Å². The lowest BCUT2D eigenvalue weighted by atomic mass is 10.3. The molecule has 0 saturated heterocycles. The third kappa shape index (κ3) is 3.81. The van der Waals surface area contributed by atoms with Crippen LogP contribution in [0.1, 0.15) is 24.7 Å². The first-order valence-electron chi connectivity index (χ1n) is 7.79. The molecule has 7 nitrogen and oxygen atoms in total. The lowest BCUT2D eigenvalue weighted by Gasteiger charge is -2.14. The zero-order valence-corrected chi connectivity index (χ0v) is 13.5. The Morgan fingerprint density at radius 3 is 2.74 bits per heavy atom. The number of benzene rings is 1. The van der Waals surface area contributed by atoms with E-state index in [1.165, 1.54) is 0 Å². The summed E-state index contributed by atoms with van der Waals surface area (Å²) in [6, 6.07) is 10.1. The van der Waals surface area contributed by atoms with Crippen molar-refractivity contribution in [3.8, 4) is 5.69 Å². The molecule has 2 aromatic heterocycles. The Bertz CT molecular complexity index is 732. The van der Waals surface area contributed by atoms with E-state index < -0.39 is 0 Å². The smallest absolute Gasteiger partial charge is 0.165 e. The summed E-state index contributed by atoms with van der Waals surface area (Å²) in [5.74, 6) is 0.893. The summed E-state index contributed by atoms with van der Waals surface area (Å²) in [7, 11) is 2.06. The second-order valence-electron chi connectivity index (χ2n) is 5.62. The monoisotopic (exact) mass is 311 g/mol. The van der Waals surface area contributed by atoms with Gasteiger partial charge in [0, 0.05) is 24.8 Å². The highest BCUT2D eigenvalue weighted by molar-refractivity contribution is 5.30. The fourth-order valence-corrected chi connectivity index (χ4v) is 2.49. The number of tetrazole rings is 1. The van der Waals surface area contributed by atoms with E-state index in [9.17, 15) is 0 Å². The SMILES string of the molecule is CCCn1nnnc1CN(C)Cc1cnn(-c2ccccc2)c1. The normalized spacial score (nSPS) is 11.3. The van der Waals surface area contributed by atoms with E-state index in [1.54, 1.807) is 0 Å². The zero-order valence-electron chi connectivity index (χ0n) is 13.5. The first-order valence-corrected chi connectivity index (χ1v) is 7.79. The highest BCUT2D eigenvalue weighted by atomic mass is 15.5. The molecule has 0 bridgehead atoms. The maximum absolute atomic E-state index is 4.43. The van der Waals surface area contributed by atoms with Crippen molar-refractivity contribution >= 4 is 0 Å². The van der Waals surface area contributed by atoms with E-state index in [4.69, 9.17) is 0 Å². The largest absolute Gasteiger partial charge is 0.295 e. The van der Waals surface area contributed by atoms with Gasteiger partial charge < -0.3 is 0 Å². The van der Waals surface area contributed by atoms with Crippen LogP contribution in [0.25, 0.3) is 5.69 Å². The molecule has 0 spiro atoms. The number of aryl methyl sites for hydroxylation is 1. The maximum Gasteiger partial charge on any atom is 0.165 e. The van der Waals surface area contributed by atoms with Gasteiger partial charge in [0.1, 0.15) is 0 Å². The molecule has 3 aromatic rings. The van der Waals surface area contributed by atoms with Crippen LogP contribution in [0.5, 0.6) is 0 Å². The molecule has 0 amide bonds. The van der Waals surface area contributed by atoms with Crippen LogP contribution in [0.15, 0.2) is 42.7 Å². The fourth-order valence-electron chi connectivity index (χ4n) is 2.49. The van der Waals surface area contributed by atoms with E-state index in [2.05, 4.69) is 45.7 Å². The Kier molecular flexibility index (Phi) is 4.77. The first kappa shape index (κ1) is 15.4. The maximum atomic E-state index is 4.43. The summed E-state index contributed by atoms with van der Waals surface area (Å²) < 4.78 is 3.76. The molecule has 0 saturated carbocycles. The van der Waals surface area contributed by atoms with Crippen molar-refractivity contribution in [1.29, 1.82) is 0 Å². The number of nitrogens with zero attached hydrogens (tertiary/aromatic N) is 7. The topological polar surface area (TPSA) is 64.7 Å². The van der Waals surface area contributed by atoms with Gasteiger partial charge in [0.25, 0.3) is 0 Å². The quantitative estimate of drug-likeness (QED) is 0.667. The lowest BCUT2D eigenvalue weighted by Crippen LogP contribution is -2.20. The van der Waals surface area contributed by atoms with E-state index in [0.29, 0.717) is 6.54 Å². The van der Waals surface area contributed by atoms with Crippen LogP contribution < -0.4 is 0 Å². The standard InChI is InChI=1S/C16H21N7/c1-3-9-22-16(18-19-20-22)13-21(2)11-14-10-17-23(12-14)15-7-5-4-6-8-15/h4-8,10,12H,3,9,11,13H2,1-2H3. The lowest BCUT2D eigenvalue weighted by molar-refractivity contribution is 0.302. The van der Waals surface area contributed by atoms with Crippen molar-refractivity contribution in [1.82, 2.24) is 34.9 Å². The van der Waals surface area contributed by atoms with Crippen LogP contribution in [-0.4, -0.2) is 41.9 Å². The van der Waals surface area contributed by atoms with Gasteiger partial charge in [-0.1, -0.05) is 25.1 Å². The summed E-state index contributed by atoms with van der Waals surface area (Å²) in [4.78, 5) is 2.18. The van der Waals surface area contributed by atoms with Gasteiger partial charge in [0.05, 0.1) is 18.4 Å². The summed E-state index contributed by atoms with van der Waals surface area (Å²) in [5.41, 5.74) is 2.22. The van der Waals surface area contributed by atoms with Gasteiger partial charge in [-0.15, -0.1) is 5.10 Å². The predicted molar refractivity (Wildman–Crippen MR) is 86.8 cm³/mol. The van der Waals surface area contributed by atoms with Crippen molar-refractivity contribution in [2.24, 2.45) is 0 Å². The molecule has 0 aliphatic carbocycles. The molecule has 0 radical (unpaired) electrons. The van der Waals surface area contributed by atoms with Gasteiger partial charge in [-0.2, -0.15) is 5.10 Å². The van der Waals surface area contributed by atoms with Crippen LogP contribution >= 0.6 is 0 Å². The van der Waals surface area contributed by atoms with E-state index in [1.807, 2.05) is 45.9 Å². The Morgan fingerprint density at radius 2 is 1.96 bits per heavy atom. The first-order chi connectivity index (χ1) is 11.3. The van der Waals surface area contributed by atoms with E-state index >= 15 is 0 Å². The minimum atomic E-state index is 0.712. The summed E-state index contributed by atoms with van der Waals surface area (Å²) in [6.45, 7) is 4.48. The molecule has 2 heterocycles. The Morgan fingerprint density at radius 1 is 1.13 bits per heavy atom. The van der Waals surface area contributed by atoms with Gasteiger partial charge in [0.15, 0.2) is 5.82 Å². The van der Waals surface area contributed by atoms with Crippen LogP contribution in [-0.2, 0) is 19.6 Å². The molecule has 0 unspecified atom stereocenters. The van der Waals surface area contributed by atoms with Gasteiger partial charge in [0.2, 0.25) is 0 Å². The average Bonchev–Trinajstić information content (AvgIpc) is 3.19. The van der Waals surface area contributed by atoms with Crippen molar-refractivity contribution < 1.29 is 0 Å². The molecule has 23 heavy (non-hydrogen) atoms. The molecule has 120 valence electrons. The molecule has 0 N–H and O–H groups in total. The Balaban J connectivity index is 1.63. The second kappa shape index (κ2) is 7.15. The Hall–Kier alpha value is -2.54. The predicted octanol–water partition coefficient (Wildman–Crippen LogP) is 1.90. The number of aromatic nitrogens is 6. The van der Waals surface area contributed by atoms with Crippen molar-refractivity contribution in [2.75, 3.05) is 7.05 Å². The molecular formula is C16H21N7.